The quantitative estimate of drug-likeness (QED) is 0.750. The molecule has 1 aliphatic heterocycles. The van der Waals surface area contributed by atoms with E-state index in [0.717, 1.165) is 0 Å². The van der Waals surface area contributed by atoms with Crippen LogP contribution in [0, 0.1) is 0 Å². The lowest BCUT2D eigenvalue weighted by atomic mass is 9.86. The molecule has 1 rings (SSSR count). The van der Waals surface area contributed by atoms with Gasteiger partial charge in [-0.25, -0.2) is 4.79 Å². The second-order valence-electron chi connectivity index (χ2n) is 4.90. The SMILES string of the molecule is CN(C)C(=O)N1CCC(C(=O)O)(N(C)C)CC1. The molecule has 0 aromatic carbocycles. The molecule has 0 unspecified atom stereocenters. The number of piperidine rings is 1. The molecular formula is C11H21N3O3. The average molecular weight is 243 g/mol. The zero-order valence-corrected chi connectivity index (χ0v) is 10.9. The van der Waals surface area contributed by atoms with Gasteiger partial charge in [0.05, 0.1) is 0 Å². The molecule has 1 heterocycles. The lowest BCUT2D eigenvalue weighted by Crippen LogP contribution is -2.59. The number of likely N-dealkylation sites (tertiary alicyclic amines) is 1. The van der Waals surface area contributed by atoms with Gasteiger partial charge in [-0.15, -0.1) is 0 Å². The zero-order valence-electron chi connectivity index (χ0n) is 10.9. The number of carboxylic acid groups (broad SMARTS) is 1. The van der Waals surface area contributed by atoms with Crippen LogP contribution in [-0.2, 0) is 4.79 Å². The van der Waals surface area contributed by atoms with Crippen LogP contribution < -0.4 is 0 Å². The van der Waals surface area contributed by atoms with Crippen molar-refractivity contribution in [2.45, 2.75) is 18.4 Å². The average Bonchev–Trinajstić information content (AvgIpc) is 2.27. The fourth-order valence-electron chi connectivity index (χ4n) is 2.20. The summed E-state index contributed by atoms with van der Waals surface area (Å²) in [6, 6.07) is -0.0530. The van der Waals surface area contributed by atoms with E-state index in [4.69, 9.17) is 0 Å². The number of hydrogen-bond donors (Lipinski definition) is 1. The molecule has 1 saturated heterocycles. The molecule has 6 heteroatoms. The number of nitrogens with zero attached hydrogens (tertiary/aromatic N) is 3. The molecule has 0 aromatic rings. The largest absolute Gasteiger partial charge is 0.480 e. The van der Waals surface area contributed by atoms with Gasteiger partial charge in [0.25, 0.3) is 0 Å². The molecule has 1 fully saturated rings. The molecule has 0 spiro atoms. The van der Waals surface area contributed by atoms with E-state index in [9.17, 15) is 14.7 Å². The molecule has 98 valence electrons. The smallest absolute Gasteiger partial charge is 0.324 e. The fourth-order valence-corrected chi connectivity index (χ4v) is 2.20. The van der Waals surface area contributed by atoms with Gasteiger partial charge in [0, 0.05) is 27.2 Å². The van der Waals surface area contributed by atoms with Gasteiger partial charge < -0.3 is 14.9 Å². The Morgan fingerprint density at radius 3 is 1.88 bits per heavy atom. The number of hydrogen-bond acceptors (Lipinski definition) is 3. The molecule has 0 aromatic heterocycles. The van der Waals surface area contributed by atoms with Crippen LogP contribution in [0.15, 0.2) is 0 Å². The van der Waals surface area contributed by atoms with Crippen LogP contribution in [0.25, 0.3) is 0 Å². The second-order valence-corrected chi connectivity index (χ2v) is 4.90. The number of aliphatic carboxylic acids is 1. The minimum absolute atomic E-state index is 0.0530. The van der Waals surface area contributed by atoms with Gasteiger partial charge in [0.2, 0.25) is 0 Å². The molecular weight excluding hydrogens is 222 g/mol. The van der Waals surface area contributed by atoms with Crippen LogP contribution >= 0.6 is 0 Å². The summed E-state index contributed by atoms with van der Waals surface area (Å²) in [6.45, 7) is 0.975. The molecule has 1 aliphatic rings. The van der Waals surface area contributed by atoms with Crippen LogP contribution in [0.4, 0.5) is 4.79 Å². The number of carbonyl (C=O) groups excluding carboxylic acids is 1. The second kappa shape index (κ2) is 4.91. The standard InChI is InChI=1S/C11H21N3O3/c1-12(2)10(17)14-7-5-11(6-8-14,9(15)16)13(3)4/h5-8H2,1-4H3,(H,15,16). The lowest BCUT2D eigenvalue weighted by molar-refractivity contribution is -0.152. The van der Waals surface area contributed by atoms with E-state index in [2.05, 4.69) is 0 Å². The predicted octanol–water partition coefficient (Wildman–Crippen LogP) is 0.149. The molecule has 0 aliphatic carbocycles. The molecule has 0 radical (unpaired) electrons. The Labute approximate surface area is 102 Å². The van der Waals surface area contributed by atoms with Crippen molar-refractivity contribution in [1.29, 1.82) is 0 Å². The Kier molecular flexibility index (Phi) is 3.98. The van der Waals surface area contributed by atoms with Crippen LogP contribution in [0.3, 0.4) is 0 Å². The normalized spacial score (nSPS) is 19.2. The van der Waals surface area contributed by atoms with Crippen molar-refractivity contribution in [2.75, 3.05) is 41.3 Å². The molecule has 6 nitrogen and oxygen atoms in total. The summed E-state index contributed by atoms with van der Waals surface area (Å²) in [6.07, 6.45) is 0.934. The van der Waals surface area contributed by atoms with E-state index in [1.165, 1.54) is 4.90 Å². The third-order valence-electron chi connectivity index (χ3n) is 3.50. The highest BCUT2D eigenvalue weighted by atomic mass is 16.4. The van der Waals surface area contributed by atoms with Gasteiger partial charge in [-0.1, -0.05) is 0 Å². The summed E-state index contributed by atoms with van der Waals surface area (Å²) < 4.78 is 0. The summed E-state index contributed by atoms with van der Waals surface area (Å²) >= 11 is 0. The van der Waals surface area contributed by atoms with Crippen molar-refractivity contribution >= 4 is 12.0 Å². The first kappa shape index (κ1) is 13.8. The van der Waals surface area contributed by atoms with Gasteiger partial charge in [-0.3, -0.25) is 9.69 Å². The Morgan fingerprint density at radius 2 is 1.59 bits per heavy atom. The van der Waals surface area contributed by atoms with Crippen LogP contribution in [0.2, 0.25) is 0 Å². The first-order valence-electron chi connectivity index (χ1n) is 5.68. The zero-order chi connectivity index (χ0) is 13.2. The third-order valence-corrected chi connectivity index (χ3v) is 3.50. The third kappa shape index (κ3) is 2.52. The summed E-state index contributed by atoms with van der Waals surface area (Å²) in [4.78, 5) is 28.1. The van der Waals surface area contributed by atoms with Gasteiger partial charge in [-0.05, 0) is 26.9 Å². The maximum atomic E-state index is 11.7. The summed E-state index contributed by atoms with van der Waals surface area (Å²) in [5.74, 6) is -0.806. The van der Waals surface area contributed by atoms with Gasteiger partial charge in [-0.2, -0.15) is 0 Å². The highest BCUT2D eigenvalue weighted by molar-refractivity contribution is 5.80. The van der Waals surface area contributed by atoms with E-state index in [-0.39, 0.29) is 6.03 Å². The maximum Gasteiger partial charge on any atom is 0.324 e. The first-order chi connectivity index (χ1) is 7.81. The summed E-state index contributed by atoms with van der Waals surface area (Å²) in [7, 11) is 6.95. The van der Waals surface area contributed by atoms with Crippen molar-refractivity contribution in [2.24, 2.45) is 0 Å². The van der Waals surface area contributed by atoms with E-state index in [1.807, 2.05) is 0 Å². The number of amides is 2. The van der Waals surface area contributed by atoms with E-state index in [1.54, 1.807) is 38.0 Å². The van der Waals surface area contributed by atoms with E-state index in [0.29, 0.717) is 25.9 Å². The van der Waals surface area contributed by atoms with Crippen LogP contribution in [-0.4, -0.2) is 78.6 Å². The Bertz CT molecular complexity index is 307. The Balaban J connectivity index is 2.72. The highest BCUT2D eigenvalue weighted by Gasteiger charge is 2.44. The minimum Gasteiger partial charge on any atom is -0.480 e. The Hall–Kier alpha value is -1.30. The topological polar surface area (TPSA) is 64.1 Å². The molecule has 1 N–H and O–H groups in total. The molecule has 0 saturated carbocycles. The van der Waals surface area contributed by atoms with Crippen molar-refractivity contribution in [3.05, 3.63) is 0 Å². The predicted molar refractivity (Wildman–Crippen MR) is 63.9 cm³/mol. The number of carboxylic acids is 1. The van der Waals surface area contributed by atoms with E-state index < -0.39 is 11.5 Å². The van der Waals surface area contributed by atoms with Crippen molar-refractivity contribution in [1.82, 2.24) is 14.7 Å². The Morgan fingerprint density at radius 1 is 1.12 bits per heavy atom. The first-order valence-corrected chi connectivity index (χ1v) is 5.68. The van der Waals surface area contributed by atoms with Crippen molar-refractivity contribution in [3.8, 4) is 0 Å². The lowest BCUT2D eigenvalue weighted by Gasteiger charge is -2.43. The molecule has 0 bridgehead atoms. The van der Waals surface area contributed by atoms with Gasteiger partial charge in [0.15, 0.2) is 0 Å². The van der Waals surface area contributed by atoms with E-state index >= 15 is 0 Å². The van der Waals surface area contributed by atoms with Crippen LogP contribution in [0.1, 0.15) is 12.8 Å². The van der Waals surface area contributed by atoms with Crippen molar-refractivity contribution < 1.29 is 14.7 Å². The van der Waals surface area contributed by atoms with Crippen LogP contribution in [0.5, 0.6) is 0 Å². The minimum atomic E-state index is -0.830. The van der Waals surface area contributed by atoms with Gasteiger partial charge in [0.1, 0.15) is 5.54 Å². The highest BCUT2D eigenvalue weighted by Crippen LogP contribution is 2.27. The molecule has 17 heavy (non-hydrogen) atoms. The fraction of sp³-hybridized carbons (Fsp3) is 0.818. The summed E-state index contributed by atoms with van der Waals surface area (Å²) in [5.41, 5.74) is -0.830. The number of urea groups is 1. The monoisotopic (exact) mass is 243 g/mol. The summed E-state index contributed by atoms with van der Waals surface area (Å²) in [5, 5.41) is 9.34. The molecule has 2 amide bonds. The van der Waals surface area contributed by atoms with Crippen molar-refractivity contribution in [3.63, 3.8) is 0 Å². The maximum absolute atomic E-state index is 11.7. The number of likely N-dealkylation sites (N-methyl/N-ethyl adjacent to an activating group) is 1. The van der Waals surface area contributed by atoms with Gasteiger partial charge >= 0.3 is 12.0 Å². The number of rotatable bonds is 2. The number of carbonyl (C=O) groups is 2. The molecule has 0 atom stereocenters.